The van der Waals surface area contributed by atoms with Gasteiger partial charge in [-0.25, -0.2) is 0 Å². The van der Waals surface area contributed by atoms with Gasteiger partial charge in [0.2, 0.25) is 0 Å². The first-order chi connectivity index (χ1) is 11.4. The topological polar surface area (TPSA) is 57.5 Å². The number of fused-ring (bicyclic) bond motifs is 5. The molecule has 4 rings (SSSR count). The highest BCUT2D eigenvalue weighted by atomic mass is 16.3. The summed E-state index contributed by atoms with van der Waals surface area (Å²) in [4.78, 5) is 12.3. The molecule has 0 aromatic heterocycles. The van der Waals surface area contributed by atoms with E-state index in [4.69, 9.17) is 0 Å². The molecule has 0 saturated heterocycles. The number of aliphatic hydroxyl groups excluding tert-OH is 2. The van der Waals surface area contributed by atoms with Gasteiger partial charge in [-0.3, -0.25) is 4.79 Å². The van der Waals surface area contributed by atoms with Gasteiger partial charge in [-0.1, -0.05) is 26.0 Å². The predicted octanol–water partition coefficient (Wildman–Crippen LogP) is 3.34. The van der Waals surface area contributed by atoms with Crippen molar-refractivity contribution in [3.63, 3.8) is 0 Å². The molecule has 0 bridgehead atoms. The molecule has 3 fully saturated rings. The number of allylic oxidation sites excluding steroid dienone is 1. The van der Waals surface area contributed by atoms with Crippen LogP contribution in [0.5, 0.6) is 0 Å². The van der Waals surface area contributed by atoms with Gasteiger partial charge >= 0.3 is 0 Å². The largest absolute Gasteiger partial charge is 0.389 e. The first-order valence-corrected chi connectivity index (χ1v) is 9.91. The molecular weight excluding hydrogens is 300 g/mol. The van der Waals surface area contributed by atoms with E-state index in [1.165, 1.54) is 19.3 Å². The Bertz CT molecular complexity index is 555. The smallest absolute Gasteiger partial charge is 0.161 e. The summed E-state index contributed by atoms with van der Waals surface area (Å²) in [7, 11) is 0. The van der Waals surface area contributed by atoms with Crippen molar-refractivity contribution in [1.29, 1.82) is 0 Å². The monoisotopic (exact) mass is 332 g/mol. The van der Waals surface area contributed by atoms with Crippen molar-refractivity contribution in [3.8, 4) is 0 Å². The maximum Gasteiger partial charge on any atom is 0.161 e. The van der Waals surface area contributed by atoms with Crippen LogP contribution in [-0.2, 0) is 4.79 Å². The molecule has 4 aliphatic carbocycles. The number of carbonyl (C=O) groups excluding carboxylic acids is 1. The van der Waals surface area contributed by atoms with Crippen LogP contribution in [-0.4, -0.2) is 28.7 Å². The Morgan fingerprint density at radius 3 is 2.67 bits per heavy atom. The minimum Gasteiger partial charge on any atom is -0.389 e. The van der Waals surface area contributed by atoms with Crippen molar-refractivity contribution in [2.75, 3.05) is 6.61 Å². The Hall–Kier alpha value is -0.670. The van der Waals surface area contributed by atoms with Crippen LogP contribution in [0.25, 0.3) is 0 Å². The van der Waals surface area contributed by atoms with Crippen LogP contribution in [0.4, 0.5) is 0 Å². The average Bonchev–Trinajstić information content (AvgIpc) is 2.92. The lowest BCUT2D eigenvalue weighted by molar-refractivity contribution is -0.134. The highest BCUT2D eigenvalue weighted by Crippen LogP contribution is 2.66. The number of Topliss-reactive ketones (excluding diaryl/α,β-unsaturated/α-hetero) is 1. The summed E-state index contributed by atoms with van der Waals surface area (Å²) in [6.07, 6.45) is 11.9. The Labute approximate surface area is 145 Å². The van der Waals surface area contributed by atoms with E-state index < -0.39 is 0 Å². The minimum absolute atomic E-state index is 0.0685. The fourth-order valence-electron chi connectivity index (χ4n) is 7.43. The van der Waals surface area contributed by atoms with Crippen molar-refractivity contribution >= 4 is 5.78 Å². The highest BCUT2D eigenvalue weighted by molar-refractivity contribution is 5.83. The molecule has 4 aliphatic rings. The molecule has 134 valence electrons. The van der Waals surface area contributed by atoms with Crippen LogP contribution in [0.15, 0.2) is 12.2 Å². The summed E-state index contributed by atoms with van der Waals surface area (Å²) in [6.45, 7) is 4.46. The van der Waals surface area contributed by atoms with Crippen LogP contribution in [0.3, 0.4) is 0 Å². The van der Waals surface area contributed by atoms with E-state index in [1.807, 2.05) is 6.08 Å². The van der Waals surface area contributed by atoms with Crippen molar-refractivity contribution in [2.24, 2.45) is 40.4 Å². The molecular formula is C21H32O3. The summed E-state index contributed by atoms with van der Waals surface area (Å²) >= 11 is 0. The molecule has 0 aromatic rings. The van der Waals surface area contributed by atoms with Crippen molar-refractivity contribution in [2.45, 2.75) is 64.9 Å². The van der Waals surface area contributed by atoms with Crippen LogP contribution >= 0.6 is 0 Å². The van der Waals surface area contributed by atoms with E-state index in [0.29, 0.717) is 23.7 Å². The quantitative estimate of drug-likeness (QED) is 0.763. The Kier molecular flexibility index (Phi) is 3.96. The van der Waals surface area contributed by atoms with Crippen LogP contribution in [0.2, 0.25) is 0 Å². The maximum absolute atomic E-state index is 12.3. The van der Waals surface area contributed by atoms with E-state index in [1.54, 1.807) is 0 Å². The van der Waals surface area contributed by atoms with Crippen LogP contribution < -0.4 is 0 Å². The molecule has 0 aromatic carbocycles. The Morgan fingerprint density at radius 2 is 1.92 bits per heavy atom. The summed E-state index contributed by atoms with van der Waals surface area (Å²) < 4.78 is 0. The van der Waals surface area contributed by atoms with Gasteiger partial charge in [0.1, 0.15) is 6.61 Å². The van der Waals surface area contributed by atoms with Gasteiger partial charge in [0.25, 0.3) is 0 Å². The van der Waals surface area contributed by atoms with Gasteiger partial charge in [0.05, 0.1) is 6.10 Å². The van der Waals surface area contributed by atoms with Gasteiger partial charge in [-0.2, -0.15) is 0 Å². The fourth-order valence-corrected chi connectivity index (χ4v) is 7.43. The zero-order chi connectivity index (χ0) is 17.1. The SMILES string of the molecule is C[C@]12CC[C@H]3[C@@H](CCC4CC(O)C=C[C@@]43C)[C@@H]1CC[C@@H]2C(=O)CO. The van der Waals surface area contributed by atoms with E-state index >= 15 is 0 Å². The number of carbonyl (C=O) groups is 1. The van der Waals surface area contributed by atoms with Crippen LogP contribution in [0.1, 0.15) is 58.8 Å². The Morgan fingerprint density at radius 1 is 1.12 bits per heavy atom. The second-order valence-electron chi connectivity index (χ2n) is 9.48. The normalized spacial score (nSPS) is 53.2. The van der Waals surface area contributed by atoms with Crippen molar-refractivity contribution in [1.82, 2.24) is 0 Å². The molecule has 3 saturated carbocycles. The van der Waals surface area contributed by atoms with Crippen molar-refractivity contribution in [3.05, 3.63) is 12.2 Å². The lowest BCUT2D eigenvalue weighted by atomic mass is 9.46. The second-order valence-corrected chi connectivity index (χ2v) is 9.48. The summed E-state index contributed by atoms with van der Waals surface area (Å²) in [6, 6.07) is 0. The number of rotatable bonds is 2. The van der Waals surface area contributed by atoms with Crippen LogP contribution in [0, 0.1) is 40.4 Å². The number of hydrogen-bond acceptors (Lipinski definition) is 3. The Balaban J connectivity index is 1.63. The molecule has 2 N–H and O–H groups in total. The molecule has 0 radical (unpaired) electrons. The van der Waals surface area contributed by atoms with Gasteiger partial charge < -0.3 is 10.2 Å². The molecule has 2 unspecified atom stereocenters. The molecule has 0 amide bonds. The maximum atomic E-state index is 12.3. The zero-order valence-corrected chi connectivity index (χ0v) is 15.1. The summed E-state index contributed by atoms with van der Waals surface area (Å²) in [5.41, 5.74) is 0.324. The van der Waals surface area contributed by atoms with Crippen molar-refractivity contribution < 1.29 is 15.0 Å². The summed E-state index contributed by atoms with van der Waals surface area (Å²) in [5, 5.41) is 19.4. The molecule has 3 nitrogen and oxygen atoms in total. The van der Waals surface area contributed by atoms with Gasteiger partial charge in [-0.15, -0.1) is 0 Å². The third-order valence-corrected chi connectivity index (χ3v) is 8.71. The predicted molar refractivity (Wildman–Crippen MR) is 93.2 cm³/mol. The molecule has 0 aliphatic heterocycles. The van der Waals surface area contributed by atoms with E-state index in [0.717, 1.165) is 25.7 Å². The third kappa shape index (κ3) is 2.20. The first kappa shape index (κ1) is 16.8. The fraction of sp³-hybridized carbons (Fsp3) is 0.857. The van der Waals surface area contributed by atoms with E-state index in [2.05, 4.69) is 19.9 Å². The van der Waals surface area contributed by atoms with E-state index in [-0.39, 0.29) is 35.2 Å². The molecule has 3 heteroatoms. The summed E-state index contributed by atoms with van der Waals surface area (Å²) in [5.74, 6) is 2.79. The number of ketones is 1. The molecule has 8 atom stereocenters. The number of aliphatic hydroxyl groups is 2. The molecule has 0 spiro atoms. The third-order valence-electron chi connectivity index (χ3n) is 8.71. The van der Waals surface area contributed by atoms with Gasteiger partial charge in [0, 0.05) is 5.92 Å². The average molecular weight is 332 g/mol. The van der Waals surface area contributed by atoms with Gasteiger partial charge in [0.15, 0.2) is 5.78 Å². The minimum atomic E-state index is -0.290. The standard InChI is InChI=1S/C21H32O3/c1-20-9-7-14(23)11-13(20)3-4-15-16-5-6-18(19(24)12-22)21(16,2)10-8-17(15)20/h7,9,13-18,22-23H,3-6,8,10-12H2,1-2H3/t13?,14?,15-,16-,17-,18+,20-,21-/m0/s1. The molecule has 24 heavy (non-hydrogen) atoms. The highest BCUT2D eigenvalue weighted by Gasteiger charge is 2.60. The number of hydrogen-bond donors (Lipinski definition) is 2. The zero-order valence-electron chi connectivity index (χ0n) is 15.1. The lowest BCUT2D eigenvalue weighted by Gasteiger charge is -2.59. The first-order valence-electron chi connectivity index (χ1n) is 9.91. The lowest BCUT2D eigenvalue weighted by Crippen LogP contribution is -2.53. The molecule has 0 heterocycles. The second kappa shape index (κ2) is 5.67. The van der Waals surface area contributed by atoms with E-state index in [9.17, 15) is 15.0 Å². The van der Waals surface area contributed by atoms with Gasteiger partial charge in [-0.05, 0) is 79.4 Å².